The summed E-state index contributed by atoms with van der Waals surface area (Å²) in [4.78, 5) is 0. The summed E-state index contributed by atoms with van der Waals surface area (Å²) in [5.74, 6) is 1.24. The van der Waals surface area contributed by atoms with Gasteiger partial charge in [0.05, 0.1) is 0 Å². The van der Waals surface area contributed by atoms with Gasteiger partial charge >= 0.3 is 0 Å². The molecular weight excluding hydrogens is 260 g/mol. The first-order valence-corrected chi connectivity index (χ1v) is 6.88. The minimum atomic E-state index is 0.0992. The predicted molar refractivity (Wildman–Crippen MR) is 76.3 cm³/mol. The molecule has 2 nitrogen and oxygen atoms in total. The van der Waals surface area contributed by atoms with Crippen LogP contribution in [0.15, 0.2) is 36.4 Å². The maximum atomic E-state index is 9.75. The van der Waals surface area contributed by atoms with Gasteiger partial charge in [-0.25, -0.2) is 0 Å². The lowest BCUT2D eigenvalue weighted by Gasteiger charge is -2.17. The number of hydrogen-bond donors (Lipinski definition) is 1. The molecule has 1 N–H and O–H groups in total. The molecule has 3 heteroatoms. The van der Waals surface area contributed by atoms with Crippen molar-refractivity contribution < 1.29 is 9.84 Å². The van der Waals surface area contributed by atoms with Crippen LogP contribution < -0.4 is 4.74 Å². The Morgan fingerprint density at radius 2 is 1.74 bits per heavy atom. The van der Waals surface area contributed by atoms with Crippen LogP contribution in [0.4, 0.5) is 0 Å². The van der Waals surface area contributed by atoms with Gasteiger partial charge in [-0.3, -0.25) is 0 Å². The van der Waals surface area contributed by atoms with Gasteiger partial charge in [0.15, 0.2) is 11.5 Å². The molecule has 19 heavy (non-hydrogen) atoms. The van der Waals surface area contributed by atoms with Gasteiger partial charge in [-0.15, -0.1) is 0 Å². The Balaban J connectivity index is 1.89. The molecule has 3 rings (SSSR count). The summed E-state index contributed by atoms with van der Waals surface area (Å²) in [6.45, 7) is 0. The molecule has 0 saturated heterocycles. The van der Waals surface area contributed by atoms with Gasteiger partial charge in [-0.2, -0.15) is 0 Å². The van der Waals surface area contributed by atoms with E-state index in [1.165, 1.54) is 30.0 Å². The number of benzene rings is 2. The predicted octanol–water partition coefficient (Wildman–Crippen LogP) is 4.72. The van der Waals surface area contributed by atoms with Crippen molar-refractivity contribution in [2.75, 3.05) is 0 Å². The normalized spacial score (nSPS) is 13.9. The zero-order valence-corrected chi connectivity index (χ0v) is 11.3. The molecule has 0 spiro atoms. The van der Waals surface area contributed by atoms with Gasteiger partial charge < -0.3 is 9.84 Å². The van der Waals surface area contributed by atoms with Crippen molar-refractivity contribution in [2.45, 2.75) is 25.7 Å². The van der Waals surface area contributed by atoms with Gasteiger partial charge in [0.2, 0.25) is 0 Å². The number of phenolic OH excluding ortho intramolecular Hbond substituents is 1. The fraction of sp³-hybridized carbons (Fsp3) is 0.250. The molecule has 0 amide bonds. The number of ether oxygens (including phenoxy) is 1. The van der Waals surface area contributed by atoms with Crippen molar-refractivity contribution in [1.29, 1.82) is 0 Å². The van der Waals surface area contributed by atoms with Crippen LogP contribution in [0.1, 0.15) is 24.0 Å². The number of aryl methyl sites for hydroxylation is 2. The van der Waals surface area contributed by atoms with Crippen LogP contribution in [0.25, 0.3) is 0 Å². The lowest BCUT2D eigenvalue weighted by molar-refractivity contribution is 0.411. The summed E-state index contributed by atoms with van der Waals surface area (Å²) >= 11 is 5.91. The van der Waals surface area contributed by atoms with Crippen LogP contribution in [0.5, 0.6) is 17.2 Å². The average Bonchev–Trinajstić information content (AvgIpc) is 2.43. The van der Waals surface area contributed by atoms with E-state index in [4.69, 9.17) is 16.3 Å². The molecule has 0 aromatic heterocycles. The third-order valence-corrected chi connectivity index (χ3v) is 3.70. The van der Waals surface area contributed by atoms with E-state index in [0.717, 1.165) is 18.6 Å². The smallest absolute Gasteiger partial charge is 0.170 e. The van der Waals surface area contributed by atoms with E-state index in [9.17, 15) is 5.11 Å². The summed E-state index contributed by atoms with van der Waals surface area (Å²) in [7, 11) is 0. The second kappa shape index (κ2) is 5.14. The summed E-state index contributed by atoms with van der Waals surface area (Å²) in [5.41, 5.74) is 2.76. The zero-order valence-electron chi connectivity index (χ0n) is 10.5. The molecule has 0 saturated carbocycles. The van der Waals surface area contributed by atoms with E-state index >= 15 is 0 Å². The highest BCUT2D eigenvalue weighted by molar-refractivity contribution is 6.30. The SMILES string of the molecule is Oc1ccc(Cl)cc1Oc1ccc2c(c1)CCCC2. The average molecular weight is 275 g/mol. The Kier molecular flexibility index (Phi) is 3.34. The van der Waals surface area contributed by atoms with Gasteiger partial charge in [-0.1, -0.05) is 17.7 Å². The minimum absolute atomic E-state index is 0.0992. The van der Waals surface area contributed by atoms with Crippen LogP contribution in [0.2, 0.25) is 5.02 Å². The Morgan fingerprint density at radius 3 is 2.58 bits per heavy atom. The number of rotatable bonds is 2. The minimum Gasteiger partial charge on any atom is -0.504 e. The van der Waals surface area contributed by atoms with Gasteiger partial charge in [0, 0.05) is 11.1 Å². The number of hydrogen-bond acceptors (Lipinski definition) is 2. The standard InChI is InChI=1S/C16H15ClO2/c17-13-6-8-15(18)16(10-13)19-14-7-5-11-3-1-2-4-12(11)9-14/h5-10,18H,1-4H2. The molecule has 0 aliphatic heterocycles. The van der Waals surface area contributed by atoms with Crippen LogP contribution in [-0.4, -0.2) is 5.11 Å². The second-order valence-corrected chi connectivity index (χ2v) is 5.29. The molecule has 0 fully saturated rings. The largest absolute Gasteiger partial charge is 0.504 e. The number of fused-ring (bicyclic) bond motifs is 1. The fourth-order valence-corrected chi connectivity index (χ4v) is 2.63. The van der Waals surface area contributed by atoms with E-state index in [-0.39, 0.29) is 5.75 Å². The molecule has 98 valence electrons. The molecular formula is C16H15ClO2. The highest BCUT2D eigenvalue weighted by Crippen LogP contribution is 2.34. The Labute approximate surface area is 117 Å². The number of aromatic hydroxyl groups is 1. The third-order valence-electron chi connectivity index (χ3n) is 3.47. The maximum Gasteiger partial charge on any atom is 0.170 e. The summed E-state index contributed by atoms with van der Waals surface area (Å²) in [6, 6.07) is 10.9. The van der Waals surface area contributed by atoms with E-state index in [0.29, 0.717) is 10.8 Å². The lowest BCUT2D eigenvalue weighted by Crippen LogP contribution is -2.02. The van der Waals surface area contributed by atoms with Gasteiger partial charge in [0.25, 0.3) is 0 Å². The van der Waals surface area contributed by atoms with E-state index in [1.807, 2.05) is 6.07 Å². The van der Waals surface area contributed by atoms with E-state index in [2.05, 4.69) is 12.1 Å². The molecule has 0 atom stereocenters. The molecule has 2 aromatic rings. The first-order valence-electron chi connectivity index (χ1n) is 6.50. The first kappa shape index (κ1) is 12.4. The second-order valence-electron chi connectivity index (χ2n) is 4.85. The summed E-state index contributed by atoms with van der Waals surface area (Å²) < 4.78 is 5.72. The fourth-order valence-electron chi connectivity index (χ4n) is 2.47. The third kappa shape index (κ3) is 2.69. The Bertz CT molecular complexity index is 608. The molecule has 0 radical (unpaired) electrons. The van der Waals surface area contributed by atoms with Crippen LogP contribution in [0, 0.1) is 0 Å². The Morgan fingerprint density at radius 1 is 0.947 bits per heavy atom. The van der Waals surface area contributed by atoms with Crippen LogP contribution >= 0.6 is 11.6 Å². The van der Waals surface area contributed by atoms with E-state index in [1.54, 1.807) is 12.1 Å². The highest BCUT2D eigenvalue weighted by atomic mass is 35.5. The zero-order chi connectivity index (χ0) is 13.2. The highest BCUT2D eigenvalue weighted by Gasteiger charge is 2.11. The quantitative estimate of drug-likeness (QED) is 0.859. The molecule has 0 heterocycles. The van der Waals surface area contributed by atoms with Crippen molar-refractivity contribution in [1.82, 2.24) is 0 Å². The summed E-state index contributed by atoms with van der Waals surface area (Å²) in [5, 5.41) is 10.3. The number of phenols is 1. The van der Waals surface area contributed by atoms with Crippen molar-refractivity contribution in [3.63, 3.8) is 0 Å². The van der Waals surface area contributed by atoms with Gasteiger partial charge in [0.1, 0.15) is 5.75 Å². The van der Waals surface area contributed by atoms with Crippen molar-refractivity contribution in [3.05, 3.63) is 52.5 Å². The van der Waals surface area contributed by atoms with E-state index < -0.39 is 0 Å². The molecule has 0 bridgehead atoms. The Hall–Kier alpha value is -1.67. The monoisotopic (exact) mass is 274 g/mol. The van der Waals surface area contributed by atoms with Crippen LogP contribution in [-0.2, 0) is 12.8 Å². The van der Waals surface area contributed by atoms with Crippen molar-refractivity contribution >= 4 is 11.6 Å². The van der Waals surface area contributed by atoms with Crippen molar-refractivity contribution in [2.24, 2.45) is 0 Å². The molecule has 0 unspecified atom stereocenters. The van der Waals surface area contributed by atoms with Gasteiger partial charge in [-0.05, 0) is 61.1 Å². The first-order chi connectivity index (χ1) is 9.22. The lowest BCUT2D eigenvalue weighted by atomic mass is 9.92. The topological polar surface area (TPSA) is 29.5 Å². The summed E-state index contributed by atoms with van der Waals surface area (Å²) in [6.07, 6.45) is 4.76. The number of halogens is 1. The maximum absolute atomic E-state index is 9.75. The van der Waals surface area contributed by atoms with Crippen LogP contribution in [0.3, 0.4) is 0 Å². The van der Waals surface area contributed by atoms with Crippen molar-refractivity contribution in [3.8, 4) is 17.2 Å². The molecule has 2 aromatic carbocycles. The molecule has 1 aliphatic carbocycles. The molecule has 1 aliphatic rings.